The number of hydrogen-bond donors (Lipinski definition) is 0. The minimum absolute atomic E-state index is 0.648. The summed E-state index contributed by atoms with van der Waals surface area (Å²) in [7, 11) is 0. The molecule has 0 heteroatoms. The molecule has 0 saturated heterocycles. The third kappa shape index (κ3) is 1.50. The van der Waals surface area contributed by atoms with E-state index in [1.807, 2.05) is 0 Å². The van der Waals surface area contributed by atoms with Crippen LogP contribution in [0.3, 0.4) is 0 Å². The van der Waals surface area contributed by atoms with Gasteiger partial charge in [0.05, 0.1) is 0 Å². The Hall–Kier alpha value is 0. The molecule has 0 nitrogen and oxygen atoms in total. The van der Waals surface area contributed by atoms with Crippen LogP contribution in [0.2, 0.25) is 0 Å². The maximum atomic E-state index is 2.41. The fourth-order valence-electron chi connectivity index (χ4n) is 1.25. The highest BCUT2D eigenvalue weighted by atomic mass is 14.3. The monoisotopic (exact) mass is 111 g/mol. The molecule has 1 saturated carbocycles. The summed E-state index contributed by atoms with van der Waals surface area (Å²) < 4.78 is 0. The molecule has 0 aliphatic heterocycles. The predicted octanol–water partition coefficient (Wildman–Crippen LogP) is 2.79. The molecule has 0 aromatic carbocycles. The second-order valence-electron chi connectivity index (χ2n) is 3.53. The summed E-state index contributed by atoms with van der Waals surface area (Å²) in [6, 6.07) is 0. The van der Waals surface area contributed by atoms with Crippen LogP contribution in [0.15, 0.2) is 0 Å². The van der Waals surface area contributed by atoms with Crippen molar-refractivity contribution in [2.24, 2.45) is 5.41 Å². The molecule has 1 rings (SSSR count). The molecule has 8 heavy (non-hydrogen) atoms. The van der Waals surface area contributed by atoms with Gasteiger partial charge in [0.25, 0.3) is 0 Å². The van der Waals surface area contributed by atoms with E-state index in [4.69, 9.17) is 0 Å². The van der Waals surface area contributed by atoms with Crippen molar-refractivity contribution in [2.75, 3.05) is 0 Å². The Morgan fingerprint density at radius 2 is 1.62 bits per heavy atom. The average molecular weight is 111 g/mol. The van der Waals surface area contributed by atoms with Crippen molar-refractivity contribution in [3.8, 4) is 0 Å². The van der Waals surface area contributed by atoms with Crippen molar-refractivity contribution >= 4 is 0 Å². The van der Waals surface area contributed by atoms with Crippen molar-refractivity contribution in [2.45, 2.75) is 39.5 Å². The van der Waals surface area contributed by atoms with Crippen molar-refractivity contribution in [1.29, 1.82) is 0 Å². The van der Waals surface area contributed by atoms with Crippen LogP contribution in [-0.2, 0) is 0 Å². The van der Waals surface area contributed by atoms with Crippen LogP contribution in [-0.4, -0.2) is 0 Å². The highest BCUT2D eigenvalue weighted by Gasteiger charge is 2.15. The van der Waals surface area contributed by atoms with Gasteiger partial charge in [-0.15, -0.1) is 0 Å². The van der Waals surface area contributed by atoms with Crippen LogP contribution in [0.1, 0.15) is 39.5 Å². The second kappa shape index (κ2) is 2.08. The molecular weight excluding hydrogens is 96.1 g/mol. The highest BCUT2D eigenvalue weighted by Crippen LogP contribution is 2.33. The fourth-order valence-corrected chi connectivity index (χ4v) is 1.25. The van der Waals surface area contributed by atoms with Crippen LogP contribution in [0.25, 0.3) is 0 Å². The molecule has 0 atom stereocenters. The van der Waals surface area contributed by atoms with Gasteiger partial charge >= 0.3 is 0 Å². The Bertz CT molecular complexity index is 64.1. The van der Waals surface area contributed by atoms with Gasteiger partial charge in [-0.05, 0) is 5.41 Å². The SMILES string of the molecule is CC1(C)CC[CH-]CC1. The highest BCUT2D eigenvalue weighted by molar-refractivity contribution is 4.81. The Labute approximate surface area is 52.3 Å². The first kappa shape index (κ1) is 6.12. The van der Waals surface area contributed by atoms with Crippen molar-refractivity contribution in [3.05, 3.63) is 6.42 Å². The molecule has 0 N–H and O–H groups in total. The Morgan fingerprint density at radius 1 is 1.12 bits per heavy atom. The zero-order valence-electron chi connectivity index (χ0n) is 5.91. The first-order chi connectivity index (χ1) is 3.71. The van der Waals surface area contributed by atoms with Crippen LogP contribution in [0.4, 0.5) is 0 Å². The van der Waals surface area contributed by atoms with E-state index in [0.29, 0.717) is 5.41 Å². The van der Waals surface area contributed by atoms with Gasteiger partial charge in [0.1, 0.15) is 0 Å². The quantitative estimate of drug-likeness (QED) is 0.422. The zero-order chi connectivity index (χ0) is 6.04. The predicted molar refractivity (Wildman–Crippen MR) is 36.5 cm³/mol. The summed E-state index contributed by atoms with van der Waals surface area (Å²) in [6.07, 6.45) is 7.88. The van der Waals surface area contributed by atoms with Gasteiger partial charge in [-0.3, -0.25) is 0 Å². The van der Waals surface area contributed by atoms with E-state index in [-0.39, 0.29) is 0 Å². The van der Waals surface area contributed by atoms with Gasteiger partial charge in [-0.25, -0.2) is 0 Å². The molecule has 0 radical (unpaired) electrons. The third-order valence-electron chi connectivity index (χ3n) is 2.05. The Balaban J connectivity index is 2.33. The van der Waals surface area contributed by atoms with Crippen LogP contribution in [0.5, 0.6) is 0 Å². The van der Waals surface area contributed by atoms with E-state index < -0.39 is 0 Å². The molecule has 0 bridgehead atoms. The molecule has 0 amide bonds. The van der Waals surface area contributed by atoms with E-state index in [2.05, 4.69) is 20.3 Å². The van der Waals surface area contributed by atoms with E-state index in [1.165, 1.54) is 25.7 Å². The molecule has 1 aliphatic rings. The number of hydrogen-bond acceptors (Lipinski definition) is 0. The molecule has 1 fully saturated rings. The molecular formula is C8H15-. The van der Waals surface area contributed by atoms with E-state index >= 15 is 0 Å². The molecule has 0 spiro atoms. The third-order valence-corrected chi connectivity index (χ3v) is 2.05. The maximum absolute atomic E-state index is 2.41. The van der Waals surface area contributed by atoms with Gasteiger partial charge in [-0.1, -0.05) is 26.7 Å². The van der Waals surface area contributed by atoms with Crippen LogP contribution >= 0.6 is 0 Å². The first-order valence-electron chi connectivity index (χ1n) is 3.52. The summed E-state index contributed by atoms with van der Waals surface area (Å²) in [4.78, 5) is 0. The molecule has 0 heterocycles. The van der Waals surface area contributed by atoms with Gasteiger partial charge < -0.3 is 6.42 Å². The maximum Gasteiger partial charge on any atom is -0.0403 e. The summed E-state index contributed by atoms with van der Waals surface area (Å²) in [5, 5.41) is 0. The summed E-state index contributed by atoms with van der Waals surface area (Å²) in [6.45, 7) is 4.72. The normalized spacial score (nSPS) is 27.8. The molecule has 1 aliphatic carbocycles. The van der Waals surface area contributed by atoms with E-state index in [1.54, 1.807) is 0 Å². The Kier molecular flexibility index (Phi) is 1.59. The lowest BCUT2D eigenvalue weighted by molar-refractivity contribution is 0.276. The smallest absolute Gasteiger partial charge is 0.0403 e. The number of rotatable bonds is 0. The van der Waals surface area contributed by atoms with E-state index in [9.17, 15) is 0 Å². The molecule has 0 aromatic rings. The largest absolute Gasteiger partial charge is 0.328 e. The summed E-state index contributed by atoms with van der Waals surface area (Å²) >= 11 is 0. The van der Waals surface area contributed by atoms with Gasteiger partial charge in [0.2, 0.25) is 0 Å². The topological polar surface area (TPSA) is 0 Å². The van der Waals surface area contributed by atoms with Crippen LogP contribution in [0, 0.1) is 11.8 Å². The standard InChI is InChI=1S/C8H15/c1-8(2)6-4-3-5-7-8/h3H,4-7H2,1-2H3/q-1. The molecule has 0 unspecified atom stereocenters. The zero-order valence-corrected chi connectivity index (χ0v) is 5.91. The average Bonchev–Trinajstić information content (AvgIpc) is 1.65. The van der Waals surface area contributed by atoms with Crippen LogP contribution < -0.4 is 0 Å². The fraction of sp³-hybridized carbons (Fsp3) is 0.875. The minimum Gasteiger partial charge on any atom is -0.328 e. The summed E-state index contributed by atoms with van der Waals surface area (Å²) in [5.74, 6) is 0. The molecule has 48 valence electrons. The second-order valence-corrected chi connectivity index (χ2v) is 3.53. The van der Waals surface area contributed by atoms with Crippen molar-refractivity contribution < 1.29 is 0 Å². The molecule has 0 aromatic heterocycles. The van der Waals surface area contributed by atoms with Gasteiger partial charge in [-0.2, -0.15) is 12.8 Å². The minimum atomic E-state index is 0.648. The van der Waals surface area contributed by atoms with Crippen molar-refractivity contribution in [3.63, 3.8) is 0 Å². The lowest BCUT2D eigenvalue weighted by Crippen LogP contribution is -2.14. The van der Waals surface area contributed by atoms with Gasteiger partial charge in [0, 0.05) is 0 Å². The van der Waals surface area contributed by atoms with Gasteiger partial charge in [0.15, 0.2) is 0 Å². The Morgan fingerprint density at radius 3 is 1.88 bits per heavy atom. The first-order valence-corrected chi connectivity index (χ1v) is 3.52. The van der Waals surface area contributed by atoms with Crippen molar-refractivity contribution in [1.82, 2.24) is 0 Å². The lowest BCUT2D eigenvalue weighted by atomic mass is 9.78. The lowest BCUT2D eigenvalue weighted by Gasteiger charge is -2.34. The van der Waals surface area contributed by atoms with E-state index in [0.717, 1.165) is 0 Å². The summed E-state index contributed by atoms with van der Waals surface area (Å²) in [5.41, 5.74) is 0.648.